The van der Waals surface area contributed by atoms with Crippen molar-refractivity contribution in [2.75, 3.05) is 0 Å². The second kappa shape index (κ2) is 7.15. The summed E-state index contributed by atoms with van der Waals surface area (Å²) in [6, 6.07) is 25.6. The van der Waals surface area contributed by atoms with Gasteiger partial charge in [0.1, 0.15) is 11.8 Å². The van der Waals surface area contributed by atoms with E-state index in [1.165, 1.54) is 16.3 Å². The Morgan fingerprint density at radius 1 is 0.788 bits per heavy atom. The molecule has 4 nitrogen and oxygen atoms in total. The first-order valence-corrected chi connectivity index (χ1v) is 11.8. The molecule has 1 aliphatic carbocycles. The molecule has 1 aliphatic heterocycles. The van der Waals surface area contributed by atoms with Crippen molar-refractivity contribution in [2.45, 2.75) is 12.0 Å². The van der Waals surface area contributed by atoms with Gasteiger partial charge in [0.2, 0.25) is 0 Å². The molecule has 0 fully saturated rings. The molecule has 5 aromatic rings. The average molecular weight is 492 g/mol. The molecule has 2 aliphatic rings. The Balaban J connectivity index is 1.50. The van der Waals surface area contributed by atoms with E-state index in [4.69, 9.17) is 9.72 Å². The Labute approximate surface area is 199 Å². The molecule has 158 valence electrons. The summed E-state index contributed by atoms with van der Waals surface area (Å²) in [5.74, 6) is 0.883. The molecule has 2 aromatic heterocycles. The molecule has 7 rings (SSSR count). The summed E-state index contributed by atoms with van der Waals surface area (Å²) in [6.45, 7) is 0. The van der Waals surface area contributed by atoms with Crippen LogP contribution in [0.15, 0.2) is 102 Å². The molecule has 0 N–H and O–H groups in total. The molecule has 0 saturated carbocycles. The van der Waals surface area contributed by atoms with E-state index in [9.17, 15) is 0 Å². The van der Waals surface area contributed by atoms with Gasteiger partial charge < -0.3 is 9.30 Å². The van der Waals surface area contributed by atoms with Crippen molar-refractivity contribution in [3.05, 3.63) is 108 Å². The minimum Gasteiger partial charge on any atom is -0.481 e. The average Bonchev–Trinajstić information content (AvgIpc) is 3.39. The Bertz CT molecular complexity index is 1620. The van der Waals surface area contributed by atoms with Crippen LogP contribution in [0.4, 0.5) is 0 Å². The number of benzene rings is 3. The number of para-hydroxylation sites is 2. The topological polar surface area (TPSA) is 39.9 Å². The number of halogens is 1. The van der Waals surface area contributed by atoms with E-state index in [-0.39, 0.29) is 12.0 Å². The molecule has 0 bridgehead atoms. The Hall–Kier alpha value is -3.70. The molecule has 3 heterocycles. The van der Waals surface area contributed by atoms with Gasteiger partial charge in [0.25, 0.3) is 0 Å². The summed E-state index contributed by atoms with van der Waals surface area (Å²) in [5.41, 5.74) is 6.21. The minimum absolute atomic E-state index is 0.0353. The fourth-order valence-corrected chi connectivity index (χ4v) is 5.40. The summed E-state index contributed by atoms with van der Waals surface area (Å²) in [4.78, 5) is 9.44. The van der Waals surface area contributed by atoms with Crippen LogP contribution in [0.2, 0.25) is 0 Å². The fraction of sp³-hybridized carbons (Fsp3) is 0.0714. The predicted octanol–water partition coefficient (Wildman–Crippen LogP) is 6.97. The van der Waals surface area contributed by atoms with Crippen molar-refractivity contribution in [1.29, 1.82) is 0 Å². The van der Waals surface area contributed by atoms with Crippen LogP contribution in [0.25, 0.3) is 38.8 Å². The zero-order valence-corrected chi connectivity index (χ0v) is 19.1. The summed E-state index contributed by atoms with van der Waals surface area (Å²) >= 11 is 3.53. The molecular formula is C28H18BrN3O. The lowest BCUT2D eigenvalue weighted by Gasteiger charge is -2.13. The predicted molar refractivity (Wildman–Crippen MR) is 135 cm³/mol. The van der Waals surface area contributed by atoms with Gasteiger partial charge in [-0.2, -0.15) is 0 Å². The van der Waals surface area contributed by atoms with Gasteiger partial charge in [0.05, 0.1) is 22.6 Å². The highest BCUT2D eigenvalue weighted by molar-refractivity contribution is 9.10. The highest BCUT2D eigenvalue weighted by Crippen LogP contribution is 2.46. The number of fused-ring (bicyclic) bond motifs is 6. The van der Waals surface area contributed by atoms with Crippen LogP contribution in [-0.2, 0) is 0 Å². The largest absolute Gasteiger partial charge is 0.481 e. The highest BCUT2D eigenvalue weighted by atomic mass is 79.9. The number of nitrogens with zero attached hydrogens (tertiary/aromatic N) is 3. The number of aromatic nitrogens is 3. The molecule has 0 saturated heterocycles. The number of hydrogen-bond acceptors (Lipinski definition) is 3. The minimum atomic E-state index is -0.0353. The normalized spacial score (nSPS) is 18.5. The Morgan fingerprint density at radius 3 is 2.48 bits per heavy atom. The maximum Gasteiger partial charge on any atom is 0.197 e. The van der Waals surface area contributed by atoms with Crippen molar-refractivity contribution in [2.24, 2.45) is 0 Å². The molecule has 0 radical (unpaired) electrons. The third-order valence-electron chi connectivity index (χ3n) is 6.48. The smallest absolute Gasteiger partial charge is 0.197 e. The molecule has 5 heteroatoms. The number of allylic oxidation sites excluding steroid dienone is 2. The van der Waals surface area contributed by atoms with E-state index < -0.39 is 0 Å². The molecule has 2 atom stereocenters. The standard InChI is InChI=1S/C28H18BrN3O/c29-28-30-25(27-26(31-28)21-11-5-7-13-24(21)33-27)17-14-15-20-19-10-4-6-12-22(19)32(23(20)16-17)18-8-2-1-3-9-18/h1-16,21,24H. The SMILES string of the molecule is Brc1nc(-c2ccc3c4ccccc4n(-c4ccccc4)c3c2)c2c(n1)C1C=CC=CC1O2. The van der Waals surface area contributed by atoms with E-state index in [2.05, 4.69) is 110 Å². The Kier molecular flexibility index (Phi) is 4.08. The summed E-state index contributed by atoms with van der Waals surface area (Å²) in [7, 11) is 0. The van der Waals surface area contributed by atoms with Crippen molar-refractivity contribution < 1.29 is 4.74 Å². The third kappa shape index (κ3) is 2.82. The monoisotopic (exact) mass is 491 g/mol. The summed E-state index contributed by atoms with van der Waals surface area (Å²) in [6.07, 6.45) is 8.28. The van der Waals surface area contributed by atoms with Crippen LogP contribution in [0.5, 0.6) is 5.75 Å². The van der Waals surface area contributed by atoms with Gasteiger partial charge >= 0.3 is 0 Å². The van der Waals surface area contributed by atoms with Gasteiger partial charge in [-0.15, -0.1) is 0 Å². The van der Waals surface area contributed by atoms with Crippen molar-refractivity contribution in [1.82, 2.24) is 14.5 Å². The zero-order valence-electron chi connectivity index (χ0n) is 17.5. The molecule has 33 heavy (non-hydrogen) atoms. The zero-order chi connectivity index (χ0) is 21.9. The van der Waals surface area contributed by atoms with Gasteiger partial charge in [0.15, 0.2) is 10.5 Å². The first-order valence-electron chi connectivity index (χ1n) is 11.0. The third-order valence-corrected chi connectivity index (χ3v) is 6.83. The molecule has 3 aromatic carbocycles. The summed E-state index contributed by atoms with van der Waals surface area (Å²) in [5, 5.41) is 2.44. The van der Waals surface area contributed by atoms with E-state index in [1.54, 1.807) is 0 Å². The lowest BCUT2D eigenvalue weighted by Crippen LogP contribution is -2.15. The molecule has 2 unspecified atom stereocenters. The van der Waals surface area contributed by atoms with Crippen molar-refractivity contribution >= 4 is 37.7 Å². The second-order valence-corrected chi connectivity index (χ2v) is 9.06. The quantitative estimate of drug-likeness (QED) is 0.250. The lowest BCUT2D eigenvalue weighted by atomic mass is 9.95. The molecule has 0 amide bonds. The number of rotatable bonds is 2. The first-order chi connectivity index (χ1) is 16.3. The maximum atomic E-state index is 6.35. The van der Waals surface area contributed by atoms with Crippen molar-refractivity contribution in [3.8, 4) is 22.7 Å². The van der Waals surface area contributed by atoms with Gasteiger partial charge in [-0.05, 0) is 46.3 Å². The molecular weight excluding hydrogens is 474 g/mol. The van der Waals surface area contributed by atoms with Gasteiger partial charge in [-0.1, -0.05) is 66.8 Å². The van der Waals surface area contributed by atoms with Crippen LogP contribution in [0, 0.1) is 0 Å². The lowest BCUT2D eigenvalue weighted by molar-refractivity contribution is 0.269. The van der Waals surface area contributed by atoms with E-state index >= 15 is 0 Å². The maximum absolute atomic E-state index is 6.35. The van der Waals surface area contributed by atoms with Gasteiger partial charge in [-0.25, -0.2) is 9.97 Å². The number of ether oxygens (including phenoxy) is 1. The van der Waals surface area contributed by atoms with Crippen LogP contribution >= 0.6 is 15.9 Å². The van der Waals surface area contributed by atoms with E-state index in [0.29, 0.717) is 4.73 Å². The van der Waals surface area contributed by atoms with E-state index in [1.807, 2.05) is 12.1 Å². The van der Waals surface area contributed by atoms with Crippen LogP contribution < -0.4 is 4.74 Å². The van der Waals surface area contributed by atoms with Crippen LogP contribution in [-0.4, -0.2) is 20.6 Å². The molecule has 0 spiro atoms. The second-order valence-electron chi connectivity index (χ2n) is 8.35. The summed E-state index contributed by atoms with van der Waals surface area (Å²) < 4.78 is 9.24. The van der Waals surface area contributed by atoms with Crippen LogP contribution in [0.3, 0.4) is 0 Å². The van der Waals surface area contributed by atoms with Gasteiger partial charge in [-0.3, -0.25) is 0 Å². The highest BCUT2D eigenvalue weighted by Gasteiger charge is 2.36. The van der Waals surface area contributed by atoms with Crippen LogP contribution in [0.1, 0.15) is 11.6 Å². The van der Waals surface area contributed by atoms with E-state index in [0.717, 1.165) is 33.9 Å². The fourth-order valence-electron chi connectivity index (χ4n) is 5.03. The van der Waals surface area contributed by atoms with Crippen molar-refractivity contribution in [3.63, 3.8) is 0 Å². The first kappa shape index (κ1) is 18.8. The Morgan fingerprint density at radius 2 is 1.58 bits per heavy atom. The number of hydrogen-bond donors (Lipinski definition) is 0. The van der Waals surface area contributed by atoms with Gasteiger partial charge in [0, 0.05) is 22.0 Å².